The lowest BCUT2D eigenvalue weighted by atomic mass is 10.3. The summed E-state index contributed by atoms with van der Waals surface area (Å²) in [4.78, 5) is 25.4. The van der Waals surface area contributed by atoms with E-state index in [4.69, 9.17) is 5.14 Å². The number of nitrogens with two attached hydrogens (primary N) is 1. The zero-order chi connectivity index (χ0) is 20.0. The van der Waals surface area contributed by atoms with Crippen molar-refractivity contribution in [1.82, 2.24) is 4.90 Å². The van der Waals surface area contributed by atoms with Crippen LogP contribution in [-0.4, -0.2) is 45.3 Å². The molecule has 8 nitrogen and oxygen atoms in total. The van der Waals surface area contributed by atoms with Crippen molar-refractivity contribution in [1.29, 1.82) is 0 Å². The van der Waals surface area contributed by atoms with Crippen LogP contribution in [0.4, 0.5) is 15.8 Å². The molecular weight excluding hydrogens is 375 g/mol. The van der Waals surface area contributed by atoms with Crippen molar-refractivity contribution >= 4 is 33.2 Å². The maximum absolute atomic E-state index is 13.1. The molecule has 0 saturated carbocycles. The predicted molar refractivity (Wildman–Crippen MR) is 99.0 cm³/mol. The number of hydrogen-bond donors (Lipinski definition) is 3. The Kier molecular flexibility index (Phi) is 6.61. The number of rotatable bonds is 7. The standard InChI is InChI=1S/C17H19FN4O4S/c1-22(11-17(24)21-14-4-2-3-12(18)9-14)10-16(23)20-13-5-7-15(8-6-13)27(19,25)26/h2-9H,10-11H2,1H3,(H,20,23)(H,21,24)(H2,19,25,26). The summed E-state index contributed by atoms with van der Waals surface area (Å²) in [6.45, 7) is -0.151. The second-order valence-electron chi connectivity index (χ2n) is 5.85. The number of sulfonamides is 1. The average molecular weight is 394 g/mol. The van der Waals surface area contributed by atoms with E-state index in [2.05, 4.69) is 10.6 Å². The quantitative estimate of drug-likeness (QED) is 0.646. The highest BCUT2D eigenvalue weighted by Crippen LogP contribution is 2.13. The number of carbonyl (C=O) groups excluding carboxylic acids is 2. The molecule has 0 radical (unpaired) electrons. The third-order valence-corrected chi connectivity index (χ3v) is 4.33. The molecule has 0 aromatic heterocycles. The van der Waals surface area contributed by atoms with Crippen molar-refractivity contribution in [2.24, 2.45) is 5.14 Å². The van der Waals surface area contributed by atoms with E-state index < -0.39 is 21.7 Å². The molecule has 144 valence electrons. The monoisotopic (exact) mass is 394 g/mol. The summed E-state index contributed by atoms with van der Waals surface area (Å²) in [5, 5.41) is 10.1. The van der Waals surface area contributed by atoms with Gasteiger partial charge in [0.05, 0.1) is 18.0 Å². The van der Waals surface area contributed by atoms with Crippen molar-refractivity contribution in [3.63, 3.8) is 0 Å². The summed E-state index contributed by atoms with van der Waals surface area (Å²) in [5.74, 6) is -1.25. The Morgan fingerprint density at radius 2 is 1.56 bits per heavy atom. The normalized spacial score (nSPS) is 11.3. The molecule has 0 aliphatic rings. The maximum Gasteiger partial charge on any atom is 0.238 e. The molecule has 0 unspecified atom stereocenters. The van der Waals surface area contributed by atoms with Crippen LogP contribution in [-0.2, 0) is 19.6 Å². The van der Waals surface area contributed by atoms with Crippen LogP contribution >= 0.6 is 0 Å². The molecule has 0 saturated heterocycles. The molecule has 0 atom stereocenters. The third-order valence-electron chi connectivity index (χ3n) is 3.40. The minimum Gasteiger partial charge on any atom is -0.325 e. The largest absolute Gasteiger partial charge is 0.325 e. The summed E-state index contributed by atoms with van der Waals surface area (Å²) in [7, 11) is -2.22. The van der Waals surface area contributed by atoms with Gasteiger partial charge in [0.2, 0.25) is 21.8 Å². The lowest BCUT2D eigenvalue weighted by Gasteiger charge is -2.16. The first-order valence-corrected chi connectivity index (χ1v) is 9.35. The number of benzene rings is 2. The van der Waals surface area contributed by atoms with Gasteiger partial charge in [-0.25, -0.2) is 17.9 Å². The number of anilines is 2. The predicted octanol–water partition coefficient (Wildman–Crippen LogP) is 0.982. The van der Waals surface area contributed by atoms with E-state index in [1.165, 1.54) is 47.4 Å². The third kappa shape index (κ3) is 6.77. The summed E-state index contributed by atoms with van der Waals surface area (Å²) < 4.78 is 35.5. The minimum absolute atomic E-state index is 0.0633. The molecule has 2 rings (SSSR count). The number of nitrogens with one attached hydrogen (secondary N) is 2. The van der Waals surface area contributed by atoms with Gasteiger partial charge in [-0.3, -0.25) is 14.5 Å². The fraction of sp³-hybridized carbons (Fsp3) is 0.176. The Bertz CT molecular complexity index is 932. The van der Waals surface area contributed by atoms with Crippen LogP contribution in [0.2, 0.25) is 0 Å². The maximum atomic E-state index is 13.1. The van der Waals surface area contributed by atoms with E-state index in [-0.39, 0.29) is 23.9 Å². The molecule has 0 bridgehead atoms. The number of amides is 2. The first kappa shape index (κ1) is 20.5. The van der Waals surface area contributed by atoms with Crippen molar-refractivity contribution in [2.45, 2.75) is 4.90 Å². The number of hydrogen-bond acceptors (Lipinski definition) is 5. The highest BCUT2D eigenvalue weighted by atomic mass is 32.2. The van der Waals surface area contributed by atoms with E-state index in [0.29, 0.717) is 11.4 Å². The Balaban J connectivity index is 1.83. The summed E-state index contributed by atoms with van der Waals surface area (Å²) in [6.07, 6.45) is 0. The van der Waals surface area contributed by atoms with Gasteiger partial charge < -0.3 is 10.6 Å². The highest BCUT2D eigenvalue weighted by Gasteiger charge is 2.12. The molecular formula is C17H19FN4O4S. The van der Waals surface area contributed by atoms with Gasteiger partial charge in [-0.15, -0.1) is 0 Å². The van der Waals surface area contributed by atoms with E-state index in [9.17, 15) is 22.4 Å². The van der Waals surface area contributed by atoms with Gasteiger partial charge in [-0.1, -0.05) is 6.07 Å². The number of nitrogens with zero attached hydrogens (tertiary/aromatic N) is 1. The summed E-state index contributed by atoms with van der Waals surface area (Å²) in [6, 6.07) is 10.9. The van der Waals surface area contributed by atoms with E-state index in [1.807, 2.05) is 0 Å². The topological polar surface area (TPSA) is 122 Å². The smallest absolute Gasteiger partial charge is 0.238 e. The van der Waals surface area contributed by atoms with Crippen LogP contribution in [0.5, 0.6) is 0 Å². The van der Waals surface area contributed by atoms with Crippen LogP contribution in [0, 0.1) is 5.82 Å². The van der Waals surface area contributed by atoms with Crippen molar-refractivity contribution in [3.8, 4) is 0 Å². The van der Waals surface area contributed by atoms with Crippen molar-refractivity contribution in [2.75, 3.05) is 30.8 Å². The number of primary sulfonamides is 1. The van der Waals surface area contributed by atoms with Gasteiger partial charge in [0.15, 0.2) is 0 Å². The molecule has 0 fully saturated rings. The van der Waals surface area contributed by atoms with Gasteiger partial charge in [-0.2, -0.15) is 0 Å². The summed E-state index contributed by atoms with van der Waals surface area (Å²) in [5.41, 5.74) is 0.720. The second kappa shape index (κ2) is 8.71. The lowest BCUT2D eigenvalue weighted by Crippen LogP contribution is -2.36. The molecule has 0 spiro atoms. The van der Waals surface area contributed by atoms with E-state index in [0.717, 1.165) is 0 Å². The van der Waals surface area contributed by atoms with Crippen LogP contribution in [0.15, 0.2) is 53.4 Å². The average Bonchev–Trinajstić information content (AvgIpc) is 2.53. The van der Waals surface area contributed by atoms with Crippen LogP contribution < -0.4 is 15.8 Å². The van der Waals surface area contributed by atoms with Crippen LogP contribution in [0.1, 0.15) is 0 Å². The van der Waals surface area contributed by atoms with Gasteiger partial charge in [0.1, 0.15) is 5.82 Å². The molecule has 2 aromatic carbocycles. The molecule has 0 aliphatic heterocycles. The first-order chi connectivity index (χ1) is 12.6. The Morgan fingerprint density at radius 3 is 2.07 bits per heavy atom. The van der Waals surface area contributed by atoms with Gasteiger partial charge in [-0.05, 0) is 49.5 Å². The van der Waals surface area contributed by atoms with Gasteiger partial charge >= 0.3 is 0 Å². The molecule has 4 N–H and O–H groups in total. The molecule has 2 aromatic rings. The number of carbonyl (C=O) groups is 2. The second-order valence-corrected chi connectivity index (χ2v) is 7.41. The van der Waals surface area contributed by atoms with Crippen molar-refractivity contribution in [3.05, 3.63) is 54.3 Å². The SMILES string of the molecule is CN(CC(=O)Nc1ccc(S(N)(=O)=O)cc1)CC(=O)Nc1cccc(F)c1. The lowest BCUT2D eigenvalue weighted by molar-refractivity contribution is -0.119. The fourth-order valence-corrected chi connectivity index (χ4v) is 2.76. The molecule has 0 aliphatic carbocycles. The number of halogens is 1. The van der Waals surface area contributed by atoms with E-state index >= 15 is 0 Å². The zero-order valence-corrected chi connectivity index (χ0v) is 15.3. The Hall–Kier alpha value is -2.82. The molecule has 0 heterocycles. The van der Waals surface area contributed by atoms with Crippen LogP contribution in [0.25, 0.3) is 0 Å². The van der Waals surface area contributed by atoms with E-state index in [1.54, 1.807) is 13.1 Å². The molecule has 27 heavy (non-hydrogen) atoms. The van der Waals surface area contributed by atoms with Gasteiger partial charge in [0.25, 0.3) is 0 Å². The van der Waals surface area contributed by atoms with Crippen molar-refractivity contribution < 1.29 is 22.4 Å². The molecule has 10 heteroatoms. The van der Waals surface area contributed by atoms with Gasteiger partial charge in [0, 0.05) is 11.4 Å². The highest BCUT2D eigenvalue weighted by molar-refractivity contribution is 7.89. The minimum atomic E-state index is -3.80. The van der Waals surface area contributed by atoms with Crippen LogP contribution in [0.3, 0.4) is 0 Å². The Labute approximate surface area is 156 Å². The fourth-order valence-electron chi connectivity index (χ4n) is 2.24. The Morgan fingerprint density at radius 1 is 1.00 bits per heavy atom. The zero-order valence-electron chi connectivity index (χ0n) is 14.5. The first-order valence-electron chi connectivity index (χ1n) is 7.80. The number of likely N-dealkylation sites (N-methyl/N-ethyl adjacent to an activating group) is 1. The molecule has 2 amide bonds. The summed E-state index contributed by atoms with van der Waals surface area (Å²) >= 11 is 0.